The van der Waals surface area contributed by atoms with E-state index >= 15 is 0 Å². The molecule has 0 bridgehead atoms. The third kappa shape index (κ3) is 4.91. The molecule has 0 atom stereocenters. The van der Waals surface area contributed by atoms with Crippen LogP contribution in [0.3, 0.4) is 0 Å². The summed E-state index contributed by atoms with van der Waals surface area (Å²) < 4.78 is 5.61. The molecule has 5 nitrogen and oxygen atoms in total. The molecule has 2 amide bonds. The normalized spacial score (nSPS) is 14.8. The van der Waals surface area contributed by atoms with Gasteiger partial charge in [0.1, 0.15) is 5.75 Å². The molecule has 0 aromatic heterocycles. The van der Waals surface area contributed by atoms with E-state index in [2.05, 4.69) is 12.2 Å². The van der Waals surface area contributed by atoms with E-state index in [1.54, 1.807) is 36.4 Å². The summed E-state index contributed by atoms with van der Waals surface area (Å²) in [6.45, 7) is 7.65. The Kier molecular flexibility index (Phi) is 6.34. The van der Waals surface area contributed by atoms with Crippen LogP contribution in [0.15, 0.2) is 48.5 Å². The van der Waals surface area contributed by atoms with Crippen molar-refractivity contribution in [3.05, 3.63) is 59.7 Å². The number of likely N-dealkylation sites (tertiary alicyclic amines) is 1. The molecule has 1 fully saturated rings. The lowest BCUT2D eigenvalue weighted by Crippen LogP contribution is -2.38. The van der Waals surface area contributed by atoms with E-state index in [4.69, 9.17) is 4.74 Å². The van der Waals surface area contributed by atoms with Crippen LogP contribution in [0.25, 0.3) is 0 Å². The molecule has 0 spiro atoms. The second kappa shape index (κ2) is 8.91. The summed E-state index contributed by atoms with van der Waals surface area (Å²) in [6, 6.07) is 14.2. The lowest BCUT2D eigenvalue weighted by molar-refractivity contribution is 0.0698. The number of hydrogen-bond donors (Lipinski definition) is 1. The third-order valence-electron chi connectivity index (χ3n) is 4.96. The van der Waals surface area contributed by atoms with Crippen LogP contribution < -0.4 is 10.1 Å². The molecule has 0 unspecified atom stereocenters. The molecule has 1 aliphatic heterocycles. The van der Waals surface area contributed by atoms with Crippen molar-refractivity contribution >= 4 is 17.5 Å². The zero-order valence-corrected chi connectivity index (χ0v) is 16.8. The van der Waals surface area contributed by atoms with Gasteiger partial charge in [0.25, 0.3) is 11.8 Å². The Balaban J connectivity index is 1.72. The summed E-state index contributed by atoms with van der Waals surface area (Å²) in [5, 5.41) is 2.89. The molecule has 1 saturated heterocycles. The van der Waals surface area contributed by atoms with Gasteiger partial charge in [-0.25, -0.2) is 0 Å². The van der Waals surface area contributed by atoms with E-state index < -0.39 is 0 Å². The van der Waals surface area contributed by atoms with Crippen LogP contribution in [-0.2, 0) is 0 Å². The minimum Gasteiger partial charge on any atom is -0.491 e. The Morgan fingerprint density at radius 3 is 2.32 bits per heavy atom. The zero-order valence-electron chi connectivity index (χ0n) is 16.8. The highest BCUT2D eigenvalue weighted by atomic mass is 16.5. The third-order valence-corrected chi connectivity index (χ3v) is 4.96. The van der Waals surface area contributed by atoms with Crippen LogP contribution >= 0.6 is 0 Å². The zero-order chi connectivity index (χ0) is 20.1. The molecule has 3 rings (SSSR count). The molecule has 28 heavy (non-hydrogen) atoms. The van der Waals surface area contributed by atoms with Crippen molar-refractivity contribution in [2.75, 3.05) is 18.4 Å². The average molecular weight is 380 g/mol. The van der Waals surface area contributed by atoms with E-state index in [0.717, 1.165) is 31.7 Å². The number of hydrogen-bond acceptors (Lipinski definition) is 3. The Morgan fingerprint density at radius 2 is 1.68 bits per heavy atom. The van der Waals surface area contributed by atoms with Crippen molar-refractivity contribution in [1.82, 2.24) is 4.90 Å². The van der Waals surface area contributed by atoms with Crippen LogP contribution in [0.4, 0.5) is 5.69 Å². The molecule has 148 valence electrons. The molecular formula is C23H28N2O3. The Hall–Kier alpha value is -2.82. The quantitative estimate of drug-likeness (QED) is 0.825. The van der Waals surface area contributed by atoms with Gasteiger partial charge in [-0.3, -0.25) is 9.59 Å². The van der Waals surface area contributed by atoms with Crippen molar-refractivity contribution in [2.45, 2.75) is 39.7 Å². The predicted molar refractivity (Wildman–Crippen MR) is 111 cm³/mol. The van der Waals surface area contributed by atoms with Gasteiger partial charge < -0.3 is 15.0 Å². The van der Waals surface area contributed by atoms with Crippen LogP contribution in [0.5, 0.6) is 5.75 Å². The van der Waals surface area contributed by atoms with Crippen LogP contribution in [-0.4, -0.2) is 35.9 Å². The summed E-state index contributed by atoms with van der Waals surface area (Å²) in [4.78, 5) is 27.5. The standard InChI is InChI=1S/C23H28N2O3/c1-16(2)28-19-10-8-18(9-11-19)22(26)24-21-7-5-4-6-20(21)23(27)25-14-12-17(3)13-15-25/h4-11,16-17H,12-15H2,1-3H3,(H,24,26). The molecule has 5 heteroatoms. The number of anilines is 1. The molecule has 2 aromatic carbocycles. The van der Waals surface area contributed by atoms with Gasteiger partial charge in [-0.2, -0.15) is 0 Å². The first kappa shape index (κ1) is 19.9. The maximum absolute atomic E-state index is 13.0. The number of benzene rings is 2. The lowest BCUT2D eigenvalue weighted by Gasteiger charge is -2.30. The van der Waals surface area contributed by atoms with Crippen molar-refractivity contribution in [3.8, 4) is 5.75 Å². The highest BCUT2D eigenvalue weighted by Gasteiger charge is 2.23. The number of amides is 2. The van der Waals surface area contributed by atoms with Crippen LogP contribution in [0.2, 0.25) is 0 Å². The second-order valence-electron chi connectivity index (χ2n) is 7.67. The van der Waals surface area contributed by atoms with Crippen LogP contribution in [0, 0.1) is 5.92 Å². The van der Waals surface area contributed by atoms with E-state index in [1.165, 1.54) is 0 Å². The van der Waals surface area contributed by atoms with Crippen LogP contribution in [0.1, 0.15) is 54.3 Å². The van der Waals surface area contributed by atoms with Crippen molar-refractivity contribution in [2.24, 2.45) is 5.92 Å². The summed E-state index contributed by atoms with van der Waals surface area (Å²) in [5.74, 6) is 1.11. The number of piperidine rings is 1. The number of carbonyl (C=O) groups is 2. The molecule has 0 saturated carbocycles. The molecule has 1 heterocycles. The fraction of sp³-hybridized carbons (Fsp3) is 0.391. The second-order valence-corrected chi connectivity index (χ2v) is 7.67. The number of ether oxygens (including phenoxy) is 1. The SMILES string of the molecule is CC1CCN(C(=O)c2ccccc2NC(=O)c2ccc(OC(C)C)cc2)CC1. The maximum atomic E-state index is 13.0. The Labute approximate surface area is 166 Å². The van der Waals surface area contributed by atoms with Gasteiger partial charge in [0.15, 0.2) is 0 Å². The molecular weight excluding hydrogens is 352 g/mol. The minimum atomic E-state index is -0.247. The van der Waals surface area contributed by atoms with Gasteiger partial charge in [-0.05, 0) is 69.0 Å². The number of carbonyl (C=O) groups excluding carboxylic acids is 2. The first-order valence-corrected chi connectivity index (χ1v) is 9.90. The monoisotopic (exact) mass is 380 g/mol. The van der Waals surface area contributed by atoms with E-state index in [0.29, 0.717) is 22.7 Å². The van der Waals surface area contributed by atoms with Gasteiger partial charge in [0, 0.05) is 18.7 Å². The van der Waals surface area contributed by atoms with E-state index in [9.17, 15) is 9.59 Å². The molecule has 1 aliphatic rings. The molecule has 0 aliphatic carbocycles. The van der Waals surface area contributed by atoms with Gasteiger partial charge in [-0.1, -0.05) is 19.1 Å². The summed E-state index contributed by atoms with van der Waals surface area (Å²) in [7, 11) is 0. The first-order valence-electron chi connectivity index (χ1n) is 9.90. The number of rotatable bonds is 5. The highest BCUT2D eigenvalue weighted by molar-refractivity contribution is 6.09. The fourth-order valence-corrected chi connectivity index (χ4v) is 3.31. The smallest absolute Gasteiger partial charge is 0.255 e. The van der Waals surface area contributed by atoms with Gasteiger partial charge in [-0.15, -0.1) is 0 Å². The van der Waals surface area contributed by atoms with Crippen molar-refractivity contribution in [3.63, 3.8) is 0 Å². The fourth-order valence-electron chi connectivity index (χ4n) is 3.31. The van der Waals surface area contributed by atoms with Crippen molar-refractivity contribution in [1.29, 1.82) is 0 Å². The molecule has 2 aromatic rings. The molecule has 0 radical (unpaired) electrons. The number of para-hydroxylation sites is 1. The summed E-state index contributed by atoms with van der Waals surface area (Å²) in [5.41, 5.74) is 1.59. The Morgan fingerprint density at radius 1 is 1.04 bits per heavy atom. The summed E-state index contributed by atoms with van der Waals surface area (Å²) in [6.07, 6.45) is 2.12. The van der Waals surface area contributed by atoms with E-state index in [-0.39, 0.29) is 17.9 Å². The van der Waals surface area contributed by atoms with Gasteiger partial charge in [0.05, 0.1) is 17.4 Å². The van der Waals surface area contributed by atoms with Gasteiger partial charge in [0.2, 0.25) is 0 Å². The number of nitrogens with zero attached hydrogens (tertiary/aromatic N) is 1. The number of nitrogens with one attached hydrogen (secondary N) is 1. The lowest BCUT2D eigenvalue weighted by atomic mass is 9.98. The van der Waals surface area contributed by atoms with Crippen molar-refractivity contribution < 1.29 is 14.3 Å². The summed E-state index contributed by atoms with van der Waals surface area (Å²) >= 11 is 0. The van der Waals surface area contributed by atoms with Gasteiger partial charge >= 0.3 is 0 Å². The maximum Gasteiger partial charge on any atom is 0.255 e. The predicted octanol–water partition coefficient (Wildman–Crippen LogP) is 4.60. The average Bonchev–Trinajstić information content (AvgIpc) is 2.68. The highest BCUT2D eigenvalue weighted by Crippen LogP contribution is 2.23. The first-order chi connectivity index (χ1) is 13.4. The minimum absolute atomic E-state index is 0.0246. The topological polar surface area (TPSA) is 58.6 Å². The largest absolute Gasteiger partial charge is 0.491 e. The Bertz CT molecular complexity index is 822. The van der Waals surface area contributed by atoms with E-state index in [1.807, 2.05) is 30.9 Å². The molecule has 1 N–H and O–H groups in total.